The monoisotopic (exact) mass is 303 g/mol. The van der Waals surface area contributed by atoms with Gasteiger partial charge in [0.15, 0.2) is 0 Å². The molecule has 1 aliphatic rings. The molecule has 116 valence electrons. The van der Waals surface area contributed by atoms with Crippen LogP contribution < -0.4 is 5.32 Å². The van der Waals surface area contributed by atoms with E-state index < -0.39 is 24.7 Å². The molecule has 8 heteroatoms. The van der Waals surface area contributed by atoms with Crippen molar-refractivity contribution >= 4 is 5.91 Å². The molecule has 1 saturated heterocycles. The Kier molecular flexibility index (Phi) is 5.13. The van der Waals surface area contributed by atoms with Gasteiger partial charge in [-0.2, -0.15) is 13.2 Å². The summed E-state index contributed by atoms with van der Waals surface area (Å²) in [5.74, 6) is -0.678. The predicted molar refractivity (Wildman–Crippen MR) is 68.4 cm³/mol. The second-order valence-corrected chi connectivity index (χ2v) is 4.67. The maximum Gasteiger partial charge on any atom is 0.405 e. The van der Waals surface area contributed by atoms with Crippen molar-refractivity contribution in [2.45, 2.75) is 12.2 Å². The molecule has 21 heavy (non-hydrogen) atoms. The Bertz CT molecular complexity index is 461. The van der Waals surface area contributed by atoms with Gasteiger partial charge in [-0.05, 0) is 11.6 Å². The summed E-state index contributed by atoms with van der Waals surface area (Å²) in [6, 6.07) is 2.55. The Morgan fingerprint density at radius 1 is 1.43 bits per heavy atom. The molecule has 1 aromatic rings. The first-order valence-electron chi connectivity index (χ1n) is 6.53. The van der Waals surface area contributed by atoms with Crippen molar-refractivity contribution in [1.29, 1.82) is 0 Å². The van der Waals surface area contributed by atoms with Crippen LogP contribution in [0.4, 0.5) is 13.2 Å². The van der Waals surface area contributed by atoms with Crippen LogP contribution in [0.15, 0.2) is 24.5 Å². The number of halogens is 3. The van der Waals surface area contributed by atoms with E-state index in [4.69, 9.17) is 4.74 Å². The van der Waals surface area contributed by atoms with Gasteiger partial charge in [0.2, 0.25) is 5.91 Å². The number of carbonyl (C=O) groups excluding carboxylic acids is 1. The number of amides is 1. The SMILES string of the molecule is O=C(NCC(F)(F)F)[C@@H](c1cccnc1)N1CCOCC1. The third kappa shape index (κ3) is 4.68. The molecule has 1 N–H and O–H groups in total. The molecule has 2 heterocycles. The minimum Gasteiger partial charge on any atom is -0.379 e. The smallest absolute Gasteiger partial charge is 0.379 e. The van der Waals surface area contributed by atoms with Crippen molar-refractivity contribution in [2.75, 3.05) is 32.8 Å². The van der Waals surface area contributed by atoms with Gasteiger partial charge >= 0.3 is 6.18 Å². The fraction of sp³-hybridized carbons (Fsp3) is 0.538. The third-order valence-corrected chi connectivity index (χ3v) is 3.12. The van der Waals surface area contributed by atoms with Crippen LogP contribution in [0.25, 0.3) is 0 Å². The van der Waals surface area contributed by atoms with E-state index in [9.17, 15) is 18.0 Å². The highest BCUT2D eigenvalue weighted by atomic mass is 19.4. The van der Waals surface area contributed by atoms with Crippen LogP contribution in [0.3, 0.4) is 0 Å². The number of hydrogen-bond donors (Lipinski definition) is 1. The highest BCUT2D eigenvalue weighted by molar-refractivity contribution is 5.83. The number of nitrogens with zero attached hydrogens (tertiary/aromatic N) is 2. The molecular weight excluding hydrogens is 287 g/mol. The van der Waals surface area contributed by atoms with Gasteiger partial charge in [0.1, 0.15) is 12.6 Å². The first-order valence-corrected chi connectivity index (χ1v) is 6.53. The molecule has 0 unspecified atom stereocenters. The zero-order chi connectivity index (χ0) is 15.3. The molecule has 1 fully saturated rings. The standard InChI is InChI=1S/C13H16F3N3O2/c14-13(15,16)9-18-12(20)11(10-2-1-3-17-8-10)19-4-6-21-7-5-19/h1-3,8,11H,4-7,9H2,(H,18,20)/t11-/m1/s1. The summed E-state index contributed by atoms with van der Waals surface area (Å²) in [4.78, 5) is 17.9. The number of carbonyl (C=O) groups is 1. The molecule has 1 aromatic heterocycles. The summed E-state index contributed by atoms with van der Waals surface area (Å²) in [6.07, 6.45) is -1.39. The summed E-state index contributed by atoms with van der Waals surface area (Å²) in [6.45, 7) is 0.525. The van der Waals surface area contributed by atoms with Crippen LogP contribution in [-0.4, -0.2) is 54.8 Å². The lowest BCUT2D eigenvalue weighted by Gasteiger charge is -2.33. The van der Waals surface area contributed by atoms with Gasteiger partial charge in [-0.25, -0.2) is 0 Å². The molecule has 5 nitrogen and oxygen atoms in total. The summed E-state index contributed by atoms with van der Waals surface area (Å²) >= 11 is 0. The second kappa shape index (κ2) is 6.86. The molecule has 0 spiro atoms. The van der Waals surface area contributed by atoms with Crippen molar-refractivity contribution in [3.05, 3.63) is 30.1 Å². The summed E-state index contributed by atoms with van der Waals surface area (Å²) in [5, 5.41) is 1.94. The third-order valence-electron chi connectivity index (χ3n) is 3.12. The van der Waals surface area contributed by atoms with Gasteiger partial charge in [0.05, 0.1) is 13.2 Å². The van der Waals surface area contributed by atoms with E-state index in [1.54, 1.807) is 23.2 Å². The van der Waals surface area contributed by atoms with Gasteiger partial charge < -0.3 is 10.1 Å². The predicted octanol–water partition coefficient (Wildman–Crippen LogP) is 1.13. The minimum atomic E-state index is -4.43. The summed E-state index contributed by atoms with van der Waals surface area (Å²) in [7, 11) is 0. The average molecular weight is 303 g/mol. The number of alkyl halides is 3. The fourth-order valence-corrected chi connectivity index (χ4v) is 2.19. The molecule has 0 radical (unpaired) electrons. The van der Waals surface area contributed by atoms with Gasteiger partial charge in [-0.3, -0.25) is 14.7 Å². The number of ether oxygens (including phenoxy) is 1. The Labute approximate surface area is 120 Å². The van der Waals surface area contributed by atoms with Crippen LogP contribution >= 0.6 is 0 Å². The normalized spacial score (nSPS) is 18.2. The Morgan fingerprint density at radius 3 is 2.71 bits per heavy atom. The highest BCUT2D eigenvalue weighted by Crippen LogP contribution is 2.22. The zero-order valence-corrected chi connectivity index (χ0v) is 11.3. The van der Waals surface area contributed by atoms with Gasteiger partial charge in [0.25, 0.3) is 0 Å². The van der Waals surface area contributed by atoms with E-state index in [1.165, 1.54) is 6.20 Å². The van der Waals surface area contributed by atoms with Crippen LogP contribution in [0.2, 0.25) is 0 Å². The van der Waals surface area contributed by atoms with Crippen molar-refractivity contribution < 1.29 is 22.7 Å². The molecule has 1 aliphatic heterocycles. The molecule has 0 aliphatic carbocycles. The Hall–Kier alpha value is -1.67. The molecule has 1 amide bonds. The number of morpholine rings is 1. The van der Waals surface area contributed by atoms with E-state index in [1.807, 2.05) is 5.32 Å². The minimum absolute atomic E-state index is 0.448. The molecule has 0 bridgehead atoms. The van der Waals surface area contributed by atoms with Crippen LogP contribution in [0.1, 0.15) is 11.6 Å². The Morgan fingerprint density at radius 2 is 2.14 bits per heavy atom. The lowest BCUT2D eigenvalue weighted by molar-refractivity contribution is -0.142. The van der Waals surface area contributed by atoms with E-state index >= 15 is 0 Å². The van der Waals surface area contributed by atoms with Gasteiger partial charge in [-0.15, -0.1) is 0 Å². The summed E-state index contributed by atoms with van der Waals surface area (Å²) in [5.41, 5.74) is 0.569. The molecule has 2 rings (SSSR count). The topological polar surface area (TPSA) is 54.5 Å². The quantitative estimate of drug-likeness (QED) is 0.906. The van der Waals surface area contributed by atoms with E-state index in [0.29, 0.717) is 31.9 Å². The molecule has 0 saturated carbocycles. The maximum absolute atomic E-state index is 12.3. The number of hydrogen-bond acceptors (Lipinski definition) is 4. The first kappa shape index (κ1) is 15.7. The molecule has 1 atom stereocenters. The molecule has 0 aromatic carbocycles. The molecular formula is C13H16F3N3O2. The van der Waals surface area contributed by atoms with Crippen molar-refractivity contribution in [2.24, 2.45) is 0 Å². The first-order chi connectivity index (χ1) is 9.97. The number of pyridine rings is 1. The van der Waals surface area contributed by atoms with Crippen LogP contribution in [-0.2, 0) is 9.53 Å². The Balaban J connectivity index is 2.13. The largest absolute Gasteiger partial charge is 0.405 e. The number of nitrogens with one attached hydrogen (secondary N) is 1. The van der Waals surface area contributed by atoms with Crippen molar-refractivity contribution in [3.8, 4) is 0 Å². The maximum atomic E-state index is 12.3. The number of aromatic nitrogens is 1. The van der Waals surface area contributed by atoms with Crippen LogP contribution in [0.5, 0.6) is 0 Å². The van der Waals surface area contributed by atoms with Gasteiger partial charge in [-0.1, -0.05) is 6.07 Å². The fourth-order valence-electron chi connectivity index (χ4n) is 2.19. The van der Waals surface area contributed by atoms with Crippen molar-refractivity contribution in [3.63, 3.8) is 0 Å². The van der Waals surface area contributed by atoms with Gasteiger partial charge in [0, 0.05) is 25.5 Å². The van der Waals surface area contributed by atoms with E-state index in [-0.39, 0.29) is 0 Å². The second-order valence-electron chi connectivity index (χ2n) is 4.67. The zero-order valence-electron chi connectivity index (χ0n) is 11.3. The lowest BCUT2D eigenvalue weighted by Crippen LogP contribution is -2.47. The number of rotatable bonds is 4. The van der Waals surface area contributed by atoms with Crippen LogP contribution in [0, 0.1) is 0 Å². The highest BCUT2D eigenvalue weighted by Gasteiger charge is 2.33. The average Bonchev–Trinajstić information content (AvgIpc) is 2.47. The van der Waals surface area contributed by atoms with E-state index in [0.717, 1.165) is 0 Å². The van der Waals surface area contributed by atoms with E-state index in [2.05, 4.69) is 4.98 Å². The lowest BCUT2D eigenvalue weighted by atomic mass is 10.1. The van der Waals surface area contributed by atoms with Crippen molar-refractivity contribution in [1.82, 2.24) is 15.2 Å². The summed E-state index contributed by atoms with van der Waals surface area (Å²) < 4.78 is 42.0.